The predicted octanol–water partition coefficient (Wildman–Crippen LogP) is 5.54. The molecule has 30 heavy (non-hydrogen) atoms. The molecular formula is C22H25ClIN5S. The standard InChI is InChI=1S/C22H25ClIN5S/c23-18-13-17(25)9-10-20(18)29-21(15-5-7-16(24)8-6-15)14-19(26-29)22(30)27-28-11-3-1-2-4-12-28/h5-10,13,21H,1-4,11-12,14,25H2,(H,27,30). The lowest BCUT2D eigenvalue weighted by molar-refractivity contribution is 0.248. The molecule has 2 aromatic rings. The summed E-state index contributed by atoms with van der Waals surface area (Å²) in [5.74, 6) is 0. The molecule has 5 nitrogen and oxygen atoms in total. The minimum absolute atomic E-state index is 0.0296. The topological polar surface area (TPSA) is 56.9 Å². The Balaban J connectivity index is 1.61. The summed E-state index contributed by atoms with van der Waals surface area (Å²) in [5, 5.41) is 9.71. The first kappa shape index (κ1) is 21.8. The molecule has 8 heteroatoms. The molecule has 2 aromatic carbocycles. The molecule has 0 radical (unpaired) electrons. The van der Waals surface area contributed by atoms with Gasteiger partial charge in [-0.1, -0.05) is 48.8 Å². The molecule has 0 spiro atoms. The van der Waals surface area contributed by atoms with E-state index in [-0.39, 0.29) is 6.04 Å². The van der Waals surface area contributed by atoms with Crippen molar-refractivity contribution in [1.29, 1.82) is 0 Å². The molecule has 0 amide bonds. The van der Waals surface area contributed by atoms with Crippen LogP contribution in [0.25, 0.3) is 0 Å². The van der Waals surface area contributed by atoms with Gasteiger partial charge in [-0.3, -0.25) is 5.01 Å². The van der Waals surface area contributed by atoms with Crippen molar-refractivity contribution in [3.05, 3.63) is 56.6 Å². The summed E-state index contributed by atoms with van der Waals surface area (Å²) in [5.41, 5.74) is 12.9. The van der Waals surface area contributed by atoms with Crippen LogP contribution in [0.4, 0.5) is 11.4 Å². The fourth-order valence-corrected chi connectivity index (χ4v) is 4.80. The van der Waals surface area contributed by atoms with Crippen LogP contribution in [0.2, 0.25) is 5.02 Å². The van der Waals surface area contributed by atoms with E-state index in [4.69, 9.17) is 34.7 Å². The average molecular weight is 554 g/mol. The van der Waals surface area contributed by atoms with E-state index in [1.807, 2.05) is 17.1 Å². The van der Waals surface area contributed by atoms with Crippen molar-refractivity contribution in [2.45, 2.75) is 38.1 Å². The number of halogens is 2. The maximum Gasteiger partial charge on any atom is 0.137 e. The fourth-order valence-electron chi connectivity index (χ4n) is 3.91. The fraction of sp³-hybridized carbons (Fsp3) is 0.364. The van der Waals surface area contributed by atoms with Gasteiger partial charge in [0.1, 0.15) is 4.99 Å². The van der Waals surface area contributed by atoms with Gasteiger partial charge in [0, 0.05) is 28.8 Å². The maximum atomic E-state index is 6.54. The number of hydrazone groups is 1. The number of hydrogen-bond acceptors (Lipinski definition) is 5. The molecule has 0 aliphatic carbocycles. The van der Waals surface area contributed by atoms with Gasteiger partial charge in [-0.15, -0.1) is 0 Å². The van der Waals surface area contributed by atoms with Crippen molar-refractivity contribution in [2.75, 3.05) is 23.8 Å². The third-order valence-electron chi connectivity index (χ3n) is 5.51. The molecule has 4 rings (SSSR count). The molecule has 1 fully saturated rings. The SMILES string of the molecule is Nc1ccc(N2N=C(C(=S)NN3CCCCCC3)CC2c2ccc(I)cc2)c(Cl)c1. The number of benzene rings is 2. The summed E-state index contributed by atoms with van der Waals surface area (Å²) in [4.78, 5) is 0.696. The van der Waals surface area contributed by atoms with Crippen LogP contribution in [0.5, 0.6) is 0 Å². The Hall–Kier alpha value is -1.42. The summed E-state index contributed by atoms with van der Waals surface area (Å²) >= 11 is 14.6. The predicted molar refractivity (Wildman–Crippen MR) is 138 cm³/mol. The van der Waals surface area contributed by atoms with Gasteiger partial charge in [-0.2, -0.15) is 5.10 Å². The van der Waals surface area contributed by atoms with E-state index in [1.54, 1.807) is 6.07 Å². The minimum Gasteiger partial charge on any atom is -0.399 e. The van der Waals surface area contributed by atoms with Gasteiger partial charge in [0.05, 0.1) is 22.5 Å². The summed E-state index contributed by atoms with van der Waals surface area (Å²) in [7, 11) is 0. The first-order chi connectivity index (χ1) is 14.5. The highest BCUT2D eigenvalue weighted by molar-refractivity contribution is 14.1. The van der Waals surface area contributed by atoms with E-state index in [2.05, 4.69) is 57.3 Å². The summed E-state index contributed by atoms with van der Waals surface area (Å²) in [6, 6.07) is 14.1. The lowest BCUT2D eigenvalue weighted by Crippen LogP contribution is -2.44. The lowest BCUT2D eigenvalue weighted by Gasteiger charge is -2.25. The van der Waals surface area contributed by atoms with Crippen molar-refractivity contribution in [1.82, 2.24) is 10.4 Å². The zero-order valence-corrected chi connectivity index (χ0v) is 20.4. The molecule has 0 aromatic heterocycles. The van der Waals surface area contributed by atoms with Crippen LogP contribution in [0, 0.1) is 3.57 Å². The first-order valence-corrected chi connectivity index (χ1v) is 12.1. The molecular weight excluding hydrogens is 529 g/mol. The molecule has 2 heterocycles. The van der Waals surface area contributed by atoms with Gasteiger partial charge in [-0.25, -0.2) is 5.01 Å². The molecule has 1 saturated heterocycles. The molecule has 2 aliphatic heterocycles. The molecule has 3 N–H and O–H groups in total. The van der Waals surface area contributed by atoms with Crippen LogP contribution in [-0.4, -0.2) is 28.8 Å². The Morgan fingerprint density at radius 1 is 1.10 bits per heavy atom. The van der Waals surface area contributed by atoms with E-state index >= 15 is 0 Å². The van der Waals surface area contributed by atoms with Gasteiger partial charge < -0.3 is 11.2 Å². The van der Waals surface area contributed by atoms with E-state index in [0.717, 1.165) is 30.9 Å². The number of hydrogen-bond donors (Lipinski definition) is 2. The normalized spacial score (nSPS) is 20.0. The number of nitrogens with two attached hydrogens (primary N) is 1. The highest BCUT2D eigenvalue weighted by Crippen LogP contribution is 2.39. The number of nitrogens with zero attached hydrogens (tertiary/aromatic N) is 3. The summed E-state index contributed by atoms with van der Waals surface area (Å²) < 4.78 is 1.20. The number of thiocarbonyl (C=S) groups is 1. The second-order valence-electron chi connectivity index (χ2n) is 7.72. The van der Waals surface area contributed by atoms with Gasteiger partial charge in [-0.05, 0) is 71.3 Å². The maximum absolute atomic E-state index is 6.54. The molecule has 1 atom stereocenters. The Morgan fingerprint density at radius 2 is 1.80 bits per heavy atom. The van der Waals surface area contributed by atoms with Gasteiger partial charge in [0.25, 0.3) is 0 Å². The number of nitrogens with one attached hydrogen (secondary N) is 1. The van der Waals surface area contributed by atoms with Crippen LogP contribution in [0.3, 0.4) is 0 Å². The zero-order chi connectivity index (χ0) is 21.1. The Kier molecular flexibility index (Phi) is 7.12. The van der Waals surface area contributed by atoms with Crippen LogP contribution in [0.1, 0.15) is 43.7 Å². The van der Waals surface area contributed by atoms with E-state index in [1.165, 1.54) is 34.8 Å². The van der Waals surface area contributed by atoms with Gasteiger partial charge in [0.2, 0.25) is 0 Å². The van der Waals surface area contributed by atoms with E-state index in [0.29, 0.717) is 15.7 Å². The van der Waals surface area contributed by atoms with Gasteiger partial charge in [0.15, 0.2) is 0 Å². The minimum atomic E-state index is 0.0296. The Labute approximate surface area is 201 Å². The van der Waals surface area contributed by atoms with E-state index in [9.17, 15) is 0 Å². The molecule has 0 saturated carbocycles. The second-order valence-corrected chi connectivity index (χ2v) is 9.78. The third kappa shape index (κ3) is 5.07. The average Bonchev–Trinajstić information content (AvgIpc) is 3.00. The monoisotopic (exact) mass is 553 g/mol. The van der Waals surface area contributed by atoms with Crippen molar-refractivity contribution in [3.63, 3.8) is 0 Å². The van der Waals surface area contributed by atoms with Crippen molar-refractivity contribution in [3.8, 4) is 0 Å². The molecule has 0 bridgehead atoms. The number of hydrazine groups is 1. The summed E-state index contributed by atoms with van der Waals surface area (Å²) in [6.45, 7) is 2.03. The van der Waals surface area contributed by atoms with Gasteiger partial charge >= 0.3 is 0 Å². The molecule has 1 unspecified atom stereocenters. The van der Waals surface area contributed by atoms with Crippen LogP contribution < -0.4 is 16.2 Å². The van der Waals surface area contributed by atoms with E-state index < -0.39 is 0 Å². The summed E-state index contributed by atoms with van der Waals surface area (Å²) in [6.07, 6.45) is 5.68. The molecule has 158 valence electrons. The highest BCUT2D eigenvalue weighted by Gasteiger charge is 2.32. The van der Waals surface area contributed by atoms with Crippen LogP contribution in [0.15, 0.2) is 47.6 Å². The Morgan fingerprint density at radius 3 is 2.47 bits per heavy atom. The van der Waals surface area contributed by atoms with Crippen molar-refractivity contribution < 1.29 is 0 Å². The smallest absolute Gasteiger partial charge is 0.137 e. The lowest BCUT2D eigenvalue weighted by atomic mass is 10.0. The first-order valence-electron chi connectivity index (χ1n) is 10.2. The molecule has 2 aliphatic rings. The largest absolute Gasteiger partial charge is 0.399 e. The number of anilines is 2. The second kappa shape index (κ2) is 9.80. The van der Waals surface area contributed by atoms with Crippen LogP contribution >= 0.6 is 46.4 Å². The van der Waals surface area contributed by atoms with Crippen molar-refractivity contribution in [2.24, 2.45) is 5.10 Å². The highest BCUT2D eigenvalue weighted by atomic mass is 127. The zero-order valence-electron chi connectivity index (χ0n) is 16.7. The number of rotatable bonds is 4. The Bertz CT molecular complexity index is 941. The number of nitrogen functional groups attached to an aromatic ring is 1. The van der Waals surface area contributed by atoms with Crippen LogP contribution in [-0.2, 0) is 0 Å². The van der Waals surface area contributed by atoms with Crippen molar-refractivity contribution >= 4 is 68.5 Å². The quantitative estimate of drug-likeness (QED) is 0.296. The third-order valence-corrected chi connectivity index (χ3v) is 6.86.